The predicted molar refractivity (Wildman–Crippen MR) is 391 cm³/mol. The highest BCUT2D eigenvalue weighted by atomic mass is 127. The van der Waals surface area contributed by atoms with E-state index in [2.05, 4.69) is 52.5 Å². The third-order valence-electron chi connectivity index (χ3n) is 16.9. The standard InChI is InChI=1S/C68H94IN19O15/c1-42(89)38-85-24-26-86(27-29-88(41-60(96)97)31-30-87(28-25-85)40-59(94)95)39-58(93)80-50(10-5-22-75-67(70)71)62(99)77-36-56(91)79-48-18-16-46(17-19-48)61(98)74-21-7-12-54-65(102)82-51(11-6-23-76-68(72)73)64(101)83-52(34-43-13-15-45-8-3-4-9-47(45)32-43)63(100)78-37-57(92)81-53(66(103)84(54)2)35-44-14-20-55(90)49(69)33-44/h3-4,8-9,13-20,32-33,50-54,90H,5-7,10-12,21-31,34-41H2,1-2H3,(H,74,98)(H,77,99)(H,78,100)(H,79,91)(H,80,93)(H,81,92)(H,82,102)(H,83,101)(H,94,95)(H,96,97)(H4,70,71,75)(H4,72,73,76)/t50-,51-,52-,53+,54+/m0/s1. The lowest BCUT2D eigenvalue weighted by atomic mass is 10.00. The van der Waals surface area contributed by atoms with Crippen LogP contribution in [0.4, 0.5) is 5.69 Å². The van der Waals surface area contributed by atoms with E-state index in [1.165, 1.54) is 44.3 Å². The van der Waals surface area contributed by atoms with E-state index in [0.29, 0.717) is 27.8 Å². The lowest BCUT2D eigenvalue weighted by Gasteiger charge is -2.33. The van der Waals surface area contributed by atoms with E-state index in [9.17, 15) is 72.9 Å². The maximum Gasteiger partial charge on any atom is 0.317 e. The Hall–Kier alpha value is -10.1. The molecule has 0 saturated carbocycles. The zero-order valence-corrected chi connectivity index (χ0v) is 59.9. The van der Waals surface area contributed by atoms with Gasteiger partial charge in [-0.25, -0.2) is 0 Å². The molecule has 2 fully saturated rings. The van der Waals surface area contributed by atoms with Crippen molar-refractivity contribution in [3.8, 4) is 5.75 Å². The van der Waals surface area contributed by atoms with Gasteiger partial charge < -0.3 is 85.7 Å². The van der Waals surface area contributed by atoms with Crippen molar-refractivity contribution < 1.29 is 72.9 Å². The maximum atomic E-state index is 14.8. The van der Waals surface area contributed by atoms with Crippen molar-refractivity contribution in [2.75, 3.05) is 124 Å². The molecule has 6 rings (SSSR count). The largest absolute Gasteiger partial charge is 0.507 e. The summed E-state index contributed by atoms with van der Waals surface area (Å²) in [4.78, 5) is 178. The van der Waals surface area contributed by atoms with Crippen molar-refractivity contribution in [1.29, 1.82) is 0 Å². The van der Waals surface area contributed by atoms with E-state index in [4.69, 9.17) is 22.9 Å². The van der Waals surface area contributed by atoms with Crippen LogP contribution in [-0.2, 0) is 65.6 Å². The van der Waals surface area contributed by atoms with Crippen molar-refractivity contribution in [2.24, 2.45) is 32.9 Å². The lowest BCUT2D eigenvalue weighted by Crippen LogP contribution is -2.58. The van der Waals surface area contributed by atoms with Gasteiger partial charge in [-0.1, -0.05) is 48.5 Å². The summed E-state index contributed by atoms with van der Waals surface area (Å²) in [5.74, 6) is -8.91. The number of Topliss-reactive ketones (excluding diaryl/α,β-unsaturated/α-hetero) is 1. The summed E-state index contributed by atoms with van der Waals surface area (Å²) in [7, 11) is 1.37. The van der Waals surface area contributed by atoms with Gasteiger partial charge in [0.15, 0.2) is 11.9 Å². The molecule has 0 spiro atoms. The normalized spacial score (nSPS) is 18.5. The molecule has 9 amide bonds. The molecule has 558 valence electrons. The fourth-order valence-electron chi connectivity index (χ4n) is 11.6. The summed E-state index contributed by atoms with van der Waals surface area (Å²) in [5.41, 5.74) is 23.9. The monoisotopic (exact) mass is 1540 g/mol. The third-order valence-corrected chi connectivity index (χ3v) is 17.8. The van der Waals surface area contributed by atoms with Crippen molar-refractivity contribution >= 4 is 122 Å². The number of phenols is 1. The Balaban J connectivity index is 1.11. The van der Waals surface area contributed by atoms with Crippen molar-refractivity contribution in [3.63, 3.8) is 0 Å². The first kappa shape index (κ1) is 81.9. The lowest BCUT2D eigenvalue weighted by molar-refractivity contribution is -0.142. The van der Waals surface area contributed by atoms with Crippen LogP contribution in [-0.4, -0.2) is 271 Å². The Morgan fingerprint density at radius 3 is 1.78 bits per heavy atom. The molecule has 2 aliphatic heterocycles. The zero-order chi connectivity index (χ0) is 75.1. The molecule has 0 bridgehead atoms. The summed E-state index contributed by atoms with van der Waals surface area (Å²) >= 11 is 1.92. The van der Waals surface area contributed by atoms with E-state index >= 15 is 0 Å². The van der Waals surface area contributed by atoms with Crippen LogP contribution in [0.3, 0.4) is 0 Å². The number of ketones is 1. The average Bonchev–Trinajstić information content (AvgIpc) is 1.61. The van der Waals surface area contributed by atoms with Gasteiger partial charge in [-0.2, -0.15) is 0 Å². The van der Waals surface area contributed by atoms with Crippen LogP contribution in [0.1, 0.15) is 66.9 Å². The number of aliphatic imine (C=N–C) groups is 2. The van der Waals surface area contributed by atoms with Gasteiger partial charge in [0.25, 0.3) is 5.91 Å². The van der Waals surface area contributed by atoms with Gasteiger partial charge in [-0.15, -0.1) is 0 Å². The van der Waals surface area contributed by atoms with Crippen molar-refractivity contribution in [2.45, 2.75) is 88.5 Å². The fraction of sp³-hybridized carbons (Fsp3) is 0.471. The number of benzene rings is 4. The number of hydrogen-bond donors (Lipinski definition) is 15. The number of fused-ring (bicyclic) bond motifs is 1. The quantitative estimate of drug-likeness (QED) is 0.0108. The van der Waals surface area contributed by atoms with Crippen LogP contribution in [0.25, 0.3) is 10.8 Å². The molecule has 2 aliphatic rings. The molecule has 0 aliphatic carbocycles. The number of likely N-dealkylation sites (N-methyl/N-ethyl adjacent to an activating group) is 1. The van der Waals surface area contributed by atoms with E-state index < -0.39 is 108 Å². The molecule has 0 radical (unpaired) electrons. The van der Waals surface area contributed by atoms with Crippen LogP contribution in [0.15, 0.2) is 94.9 Å². The van der Waals surface area contributed by atoms with Gasteiger partial charge in [0.05, 0.1) is 42.8 Å². The van der Waals surface area contributed by atoms with E-state index in [1.807, 2.05) is 70.0 Å². The number of aromatic hydroxyl groups is 1. The smallest absolute Gasteiger partial charge is 0.317 e. The van der Waals surface area contributed by atoms with Gasteiger partial charge in [-0.05, 0) is 126 Å². The fourth-order valence-corrected chi connectivity index (χ4v) is 12.2. The highest BCUT2D eigenvalue weighted by Gasteiger charge is 2.36. The predicted octanol–water partition coefficient (Wildman–Crippen LogP) is -2.82. The van der Waals surface area contributed by atoms with Crippen LogP contribution in [0, 0.1) is 3.57 Å². The second kappa shape index (κ2) is 41.7. The topological polar surface area (TPSA) is 507 Å². The number of amides is 9. The van der Waals surface area contributed by atoms with E-state index in [0.717, 1.165) is 15.7 Å². The van der Waals surface area contributed by atoms with Crippen LogP contribution in [0.2, 0.25) is 0 Å². The highest BCUT2D eigenvalue weighted by Crippen LogP contribution is 2.23. The molecule has 2 heterocycles. The van der Waals surface area contributed by atoms with Gasteiger partial charge >= 0.3 is 11.9 Å². The first-order chi connectivity index (χ1) is 49.1. The molecule has 19 N–H and O–H groups in total. The average molecular weight is 1540 g/mol. The molecule has 0 unspecified atom stereocenters. The Kier molecular flexibility index (Phi) is 33.2. The Morgan fingerprint density at radius 2 is 1.17 bits per heavy atom. The second-order valence-electron chi connectivity index (χ2n) is 25.2. The van der Waals surface area contributed by atoms with Crippen LogP contribution >= 0.6 is 22.6 Å². The van der Waals surface area contributed by atoms with Crippen LogP contribution < -0.4 is 65.5 Å². The molecule has 34 nitrogen and oxygen atoms in total. The number of carboxylic acids is 2. The van der Waals surface area contributed by atoms with Gasteiger partial charge in [0, 0.05) is 103 Å². The number of phenolic OH excluding ortho intramolecular Hbond substituents is 1. The second-order valence-corrected chi connectivity index (χ2v) is 26.3. The number of nitrogens with zero attached hydrogens (tertiary/aromatic N) is 7. The van der Waals surface area contributed by atoms with Crippen LogP contribution in [0.5, 0.6) is 5.75 Å². The number of halogens is 1. The summed E-state index contributed by atoms with van der Waals surface area (Å²) in [5, 5.41) is 53.0. The summed E-state index contributed by atoms with van der Waals surface area (Å²) in [6, 6.07) is 17.1. The first-order valence-electron chi connectivity index (χ1n) is 33.7. The molecule has 0 aromatic heterocycles. The summed E-state index contributed by atoms with van der Waals surface area (Å²) < 4.78 is 0.463. The number of aliphatic carboxylic acids is 2. The Morgan fingerprint density at radius 1 is 0.612 bits per heavy atom. The molecule has 4 aromatic rings. The number of hydrogen-bond acceptors (Lipinski definition) is 19. The minimum Gasteiger partial charge on any atom is -0.507 e. The number of guanidine groups is 2. The first-order valence-corrected chi connectivity index (χ1v) is 34.7. The minimum absolute atomic E-state index is 0.0144. The molecule has 103 heavy (non-hydrogen) atoms. The van der Waals surface area contributed by atoms with Crippen molar-refractivity contribution in [1.82, 2.24) is 61.7 Å². The zero-order valence-electron chi connectivity index (χ0n) is 57.7. The molecular weight excluding hydrogens is 1450 g/mol. The number of carbonyl (C=O) groups excluding carboxylic acids is 10. The number of nitrogens with two attached hydrogens (primary N) is 4. The maximum absolute atomic E-state index is 14.8. The van der Waals surface area contributed by atoms with Gasteiger partial charge in [0.1, 0.15) is 41.7 Å². The number of nitrogens with one attached hydrogen (secondary N) is 8. The minimum atomic E-state index is -1.33. The SMILES string of the molecule is CC(=O)CN1CCN(CC(=O)O)CCN(CC(=O)O)CCN(CC(=O)N[C@@H](CCCN=C(N)N)C(=O)NCC(=O)Nc2ccc(C(=O)NCCC[C@@H]3C(=O)N[C@@H](CCCN=C(N)N)C(=O)N[C@@H](Cc4ccc5ccccc5c4)C(=O)NCC(=O)N[C@H](Cc4ccc(O)c(I)c4)C(=O)N3C)cc2)CC1. The Labute approximate surface area is 609 Å². The Bertz CT molecular complexity index is 3670. The van der Waals surface area contributed by atoms with E-state index in [1.54, 1.807) is 26.8 Å². The molecule has 5 atom stereocenters. The number of carbonyl (C=O) groups is 12. The van der Waals surface area contributed by atoms with Crippen molar-refractivity contribution in [3.05, 3.63) is 105 Å². The molecular formula is C68H94IN19O15. The number of rotatable bonds is 30. The number of carboxylic acid groups (broad SMARTS) is 2. The number of anilines is 1. The summed E-state index contributed by atoms with van der Waals surface area (Å²) in [6.45, 7) is 1.58. The summed E-state index contributed by atoms with van der Waals surface area (Å²) in [6.07, 6.45) is 0.308. The molecule has 35 heteroatoms. The molecule has 2 saturated heterocycles. The highest BCUT2D eigenvalue weighted by molar-refractivity contribution is 14.1. The third kappa shape index (κ3) is 29.0. The van der Waals surface area contributed by atoms with E-state index in [-0.39, 0.29) is 171 Å². The molecule has 4 aromatic carbocycles. The van der Waals surface area contributed by atoms with Gasteiger partial charge in [-0.3, -0.25) is 87.1 Å². The van der Waals surface area contributed by atoms with Gasteiger partial charge in [0.2, 0.25) is 47.3 Å².